The van der Waals surface area contributed by atoms with Crippen molar-refractivity contribution in [1.82, 2.24) is 5.32 Å². The highest BCUT2D eigenvalue weighted by Crippen LogP contribution is 2.35. The number of para-hydroxylation sites is 1. The molecule has 0 saturated heterocycles. The summed E-state index contributed by atoms with van der Waals surface area (Å²) in [6.07, 6.45) is 2.36. The van der Waals surface area contributed by atoms with Crippen LogP contribution in [0.3, 0.4) is 0 Å². The van der Waals surface area contributed by atoms with Gasteiger partial charge in [-0.05, 0) is 30.7 Å². The van der Waals surface area contributed by atoms with Gasteiger partial charge in [0, 0.05) is 37.1 Å². The van der Waals surface area contributed by atoms with Crippen LogP contribution >= 0.6 is 0 Å². The predicted molar refractivity (Wildman–Crippen MR) is 93.1 cm³/mol. The third-order valence-electron chi connectivity index (χ3n) is 4.70. The largest absolute Gasteiger partial charge is 0.496 e. The molecule has 1 N–H and O–H groups in total. The van der Waals surface area contributed by atoms with Gasteiger partial charge in [-0.2, -0.15) is 0 Å². The number of ether oxygens (including phenoxy) is 3. The van der Waals surface area contributed by atoms with Crippen molar-refractivity contribution in [3.63, 3.8) is 0 Å². The Hall–Kier alpha value is -2.20. The van der Waals surface area contributed by atoms with Crippen LogP contribution in [-0.4, -0.2) is 25.9 Å². The van der Waals surface area contributed by atoms with Crippen molar-refractivity contribution in [2.24, 2.45) is 0 Å². The highest BCUT2D eigenvalue weighted by molar-refractivity contribution is 5.48. The molecule has 126 valence electrons. The molecule has 2 aromatic rings. The zero-order chi connectivity index (χ0) is 16.5. The number of hydrogen-bond donors (Lipinski definition) is 1. The van der Waals surface area contributed by atoms with E-state index < -0.39 is 0 Å². The Balaban J connectivity index is 1.38. The van der Waals surface area contributed by atoms with Gasteiger partial charge < -0.3 is 19.5 Å². The van der Waals surface area contributed by atoms with Crippen LogP contribution < -0.4 is 19.5 Å². The van der Waals surface area contributed by atoms with Crippen LogP contribution in [0.15, 0.2) is 36.4 Å². The lowest BCUT2D eigenvalue weighted by Crippen LogP contribution is -2.29. The summed E-state index contributed by atoms with van der Waals surface area (Å²) in [5.41, 5.74) is 3.65. The maximum absolute atomic E-state index is 5.97. The SMILES string of the molecule is COc1cc2c(cc1CNC[C@H]1Cc3ccccc3O1)O[C@@H](C)C2. The Morgan fingerprint density at radius 2 is 1.96 bits per heavy atom. The Labute approximate surface area is 142 Å². The lowest BCUT2D eigenvalue weighted by Gasteiger charge is -2.14. The molecule has 2 aliphatic heterocycles. The number of rotatable bonds is 5. The van der Waals surface area contributed by atoms with Gasteiger partial charge in [0.25, 0.3) is 0 Å². The predicted octanol–water partition coefficient (Wildman–Crippen LogP) is 3.11. The molecule has 0 amide bonds. The number of nitrogens with one attached hydrogen (secondary N) is 1. The van der Waals surface area contributed by atoms with Crippen molar-refractivity contribution >= 4 is 0 Å². The molecule has 0 unspecified atom stereocenters. The lowest BCUT2D eigenvalue weighted by molar-refractivity contribution is 0.227. The molecule has 0 radical (unpaired) electrons. The fraction of sp³-hybridized carbons (Fsp3) is 0.400. The highest BCUT2D eigenvalue weighted by atomic mass is 16.5. The van der Waals surface area contributed by atoms with Crippen LogP contribution in [0, 0.1) is 0 Å². The molecule has 2 aliphatic rings. The van der Waals surface area contributed by atoms with Crippen molar-refractivity contribution in [3.05, 3.63) is 53.1 Å². The lowest BCUT2D eigenvalue weighted by atomic mass is 10.1. The van der Waals surface area contributed by atoms with E-state index in [0.29, 0.717) is 0 Å². The summed E-state index contributed by atoms with van der Waals surface area (Å²) in [7, 11) is 1.72. The monoisotopic (exact) mass is 325 g/mol. The van der Waals surface area contributed by atoms with E-state index in [4.69, 9.17) is 14.2 Å². The third-order valence-corrected chi connectivity index (χ3v) is 4.70. The first kappa shape index (κ1) is 15.3. The zero-order valence-corrected chi connectivity index (χ0v) is 14.2. The summed E-state index contributed by atoms with van der Waals surface area (Å²) in [6.45, 7) is 3.65. The molecular formula is C20H23NO3. The van der Waals surface area contributed by atoms with Gasteiger partial charge >= 0.3 is 0 Å². The Morgan fingerprint density at radius 1 is 1.08 bits per heavy atom. The van der Waals surface area contributed by atoms with Gasteiger partial charge in [-0.25, -0.2) is 0 Å². The Kier molecular flexibility index (Phi) is 4.07. The summed E-state index contributed by atoms with van der Waals surface area (Å²) in [4.78, 5) is 0. The van der Waals surface area contributed by atoms with E-state index in [9.17, 15) is 0 Å². The van der Waals surface area contributed by atoms with E-state index in [1.54, 1.807) is 7.11 Å². The molecule has 0 fully saturated rings. The second-order valence-electron chi connectivity index (χ2n) is 6.59. The van der Waals surface area contributed by atoms with Crippen LogP contribution in [0.2, 0.25) is 0 Å². The van der Waals surface area contributed by atoms with Gasteiger partial charge in [0.15, 0.2) is 0 Å². The molecule has 24 heavy (non-hydrogen) atoms. The minimum atomic E-state index is 0.194. The molecule has 2 atom stereocenters. The average Bonchev–Trinajstić information content (AvgIpc) is 3.15. The summed E-state index contributed by atoms with van der Waals surface area (Å²) in [5.74, 6) is 2.93. The third kappa shape index (κ3) is 2.94. The summed E-state index contributed by atoms with van der Waals surface area (Å²) < 4.78 is 17.4. The van der Waals surface area contributed by atoms with E-state index in [1.165, 1.54) is 11.1 Å². The summed E-state index contributed by atoms with van der Waals surface area (Å²) in [6, 6.07) is 12.5. The quantitative estimate of drug-likeness (QED) is 0.917. The minimum Gasteiger partial charge on any atom is -0.496 e. The van der Waals surface area contributed by atoms with E-state index in [2.05, 4.69) is 36.5 Å². The number of methoxy groups -OCH3 is 1. The molecule has 4 rings (SSSR count). The normalized spacial score (nSPS) is 20.9. The van der Waals surface area contributed by atoms with E-state index >= 15 is 0 Å². The first-order valence-corrected chi connectivity index (χ1v) is 8.54. The molecule has 0 saturated carbocycles. The number of benzene rings is 2. The van der Waals surface area contributed by atoms with E-state index in [-0.39, 0.29) is 12.2 Å². The standard InChI is InChI=1S/C20H23NO3/c1-13-7-15-9-19(22-2)16(10-20(15)23-13)11-21-12-17-8-14-5-3-4-6-18(14)24-17/h3-6,9-10,13,17,21H,7-8,11-12H2,1-2H3/t13-,17+/m0/s1. The first-order chi connectivity index (χ1) is 11.7. The molecule has 4 nitrogen and oxygen atoms in total. The average molecular weight is 325 g/mol. The van der Waals surface area contributed by atoms with Crippen LogP contribution in [0.4, 0.5) is 0 Å². The molecule has 0 bridgehead atoms. The van der Waals surface area contributed by atoms with Crippen molar-refractivity contribution in [2.45, 2.75) is 38.5 Å². The van der Waals surface area contributed by atoms with Gasteiger partial charge in [-0.15, -0.1) is 0 Å². The summed E-state index contributed by atoms with van der Waals surface area (Å²) in [5, 5.41) is 3.50. The van der Waals surface area contributed by atoms with Gasteiger partial charge in [-0.1, -0.05) is 18.2 Å². The van der Waals surface area contributed by atoms with E-state index in [1.807, 2.05) is 12.1 Å². The van der Waals surface area contributed by atoms with Gasteiger partial charge in [0.2, 0.25) is 0 Å². The maximum atomic E-state index is 5.97. The second-order valence-corrected chi connectivity index (χ2v) is 6.59. The van der Waals surface area contributed by atoms with E-state index in [0.717, 1.165) is 48.7 Å². The molecule has 2 aromatic carbocycles. The Morgan fingerprint density at radius 3 is 2.79 bits per heavy atom. The maximum Gasteiger partial charge on any atom is 0.123 e. The van der Waals surface area contributed by atoms with Crippen LogP contribution in [0.25, 0.3) is 0 Å². The van der Waals surface area contributed by atoms with Crippen LogP contribution in [0.1, 0.15) is 23.6 Å². The molecule has 0 aliphatic carbocycles. The zero-order valence-electron chi connectivity index (χ0n) is 14.2. The van der Waals surface area contributed by atoms with Crippen LogP contribution in [-0.2, 0) is 19.4 Å². The van der Waals surface area contributed by atoms with Crippen LogP contribution in [0.5, 0.6) is 17.2 Å². The van der Waals surface area contributed by atoms with Crippen molar-refractivity contribution < 1.29 is 14.2 Å². The van der Waals surface area contributed by atoms with Gasteiger partial charge in [-0.3, -0.25) is 0 Å². The van der Waals surface area contributed by atoms with Crippen molar-refractivity contribution in [1.29, 1.82) is 0 Å². The van der Waals surface area contributed by atoms with Gasteiger partial charge in [0.1, 0.15) is 29.5 Å². The molecule has 0 aromatic heterocycles. The first-order valence-electron chi connectivity index (χ1n) is 8.54. The second kappa shape index (κ2) is 6.36. The number of hydrogen-bond acceptors (Lipinski definition) is 4. The molecular weight excluding hydrogens is 302 g/mol. The highest BCUT2D eigenvalue weighted by Gasteiger charge is 2.23. The van der Waals surface area contributed by atoms with Crippen molar-refractivity contribution in [2.75, 3.05) is 13.7 Å². The molecule has 2 heterocycles. The topological polar surface area (TPSA) is 39.7 Å². The Bertz CT molecular complexity index is 719. The minimum absolute atomic E-state index is 0.194. The fourth-order valence-electron chi connectivity index (χ4n) is 3.55. The van der Waals surface area contributed by atoms with Crippen molar-refractivity contribution in [3.8, 4) is 17.2 Å². The smallest absolute Gasteiger partial charge is 0.123 e. The number of fused-ring (bicyclic) bond motifs is 2. The fourth-order valence-corrected chi connectivity index (χ4v) is 3.55. The molecule has 0 spiro atoms. The molecule has 4 heteroatoms. The summed E-state index contributed by atoms with van der Waals surface area (Å²) >= 11 is 0. The van der Waals surface area contributed by atoms with Gasteiger partial charge in [0.05, 0.1) is 7.11 Å².